The van der Waals surface area contributed by atoms with Crippen molar-refractivity contribution in [2.75, 3.05) is 13.2 Å². The maximum Gasteiger partial charge on any atom is 0.265 e. The number of primary amides is 1. The van der Waals surface area contributed by atoms with E-state index in [4.69, 9.17) is 15.2 Å². The Morgan fingerprint density at radius 2 is 1.88 bits per heavy atom. The Hall–Kier alpha value is -1.76. The van der Waals surface area contributed by atoms with Crippen LogP contribution in [0.2, 0.25) is 0 Å². The fourth-order valence-corrected chi connectivity index (χ4v) is 6.84. The first-order valence-electron chi connectivity index (χ1n) is 8.98. The largest absolute Gasteiger partial charge is 0.485 e. The smallest absolute Gasteiger partial charge is 0.265 e. The van der Waals surface area contributed by atoms with E-state index in [0.717, 1.165) is 32.1 Å². The molecule has 2 unspecified atom stereocenters. The number of hydrogen-bond acceptors (Lipinski definition) is 5. The lowest BCUT2D eigenvalue weighted by atomic mass is 9.46. The standard InChI is InChI=1S/C18H22N2O4S/c19-16(22)17-4-10-3-11(5-17)7-18(6-10,9-17)20-15(21)14-13-12(8-25-14)23-1-2-24-13/h8,10-11H,1-7,9H2,(H2,19,22)(H,20,21). The van der Waals surface area contributed by atoms with Crippen LogP contribution in [0.4, 0.5) is 0 Å². The summed E-state index contributed by atoms with van der Waals surface area (Å²) in [7, 11) is 0. The van der Waals surface area contributed by atoms with E-state index in [0.29, 0.717) is 47.8 Å². The van der Waals surface area contributed by atoms with Gasteiger partial charge in [0.05, 0.1) is 5.41 Å². The summed E-state index contributed by atoms with van der Waals surface area (Å²) in [6.07, 6.45) is 5.53. The highest BCUT2D eigenvalue weighted by Crippen LogP contribution is 2.61. The molecule has 7 heteroatoms. The summed E-state index contributed by atoms with van der Waals surface area (Å²) in [5, 5.41) is 5.11. The molecule has 1 aromatic heterocycles. The first-order chi connectivity index (χ1) is 12.0. The van der Waals surface area contributed by atoms with Crippen LogP contribution in [0.1, 0.15) is 48.2 Å². The number of fused-ring (bicyclic) bond motifs is 1. The zero-order valence-corrected chi connectivity index (χ0v) is 14.8. The average Bonchev–Trinajstić information content (AvgIpc) is 2.97. The average molecular weight is 362 g/mol. The number of carbonyl (C=O) groups is 2. The van der Waals surface area contributed by atoms with Crippen LogP contribution in [-0.2, 0) is 4.79 Å². The summed E-state index contributed by atoms with van der Waals surface area (Å²) in [6.45, 7) is 0.976. The van der Waals surface area contributed by atoms with Crippen LogP contribution in [0.25, 0.3) is 0 Å². The summed E-state index contributed by atoms with van der Waals surface area (Å²) in [6, 6.07) is 0. The molecule has 6 nitrogen and oxygen atoms in total. The van der Waals surface area contributed by atoms with Crippen LogP contribution in [-0.4, -0.2) is 30.6 Å². The minimum Gasteiger partial charge on any atom is -0.485 e. The van der Waals surface area contributed by atoms with Gasteiger partial charge in [-0.2, -0.15) is 0 Å². The molecule has 134 valence electrons. The van der Waals surface area contributed by atoms with E-state index < -0.39 is 5.41 Å². The van der Waals surface area contributed by atoms with Gasteiger partial charge in [0.1, 0.15) is 18.1 Å². The van der Waals surface area contributed by atoms with Gasteiger partial charge in [0.2, 0.25) is 5.91 Å². The Bertz CT molecular complexity index is 744. The molecule has 0 saturated heterocycles. The number of ether oxygens (including phenoxy) is 2. The molecule has 2 atom stereocenters. The maximum absolute atomic E-state index is 13.0. The first-order valence-corrected chi connectivity index (χ1v) is 9.86. The second-order valence-corrected chi connectivity index (χ2v) is 9.17. The number of nitrogens with one attached hydrogen (secondary N) is 1. The van der Waals surface area contributed by atoms with E-state index in [-0.39, 0.29) is 17.4 Å². The highest BCUT2D eigenvalue weighted by Gasteiger charge is 2.60. The minimum atomic E-state index is -0.425. The molecule has 4 aliphatic carbocycles. The monoisotopic (exact) mass is 362 g/mol. The molecular weight excluding hydrogens is 340 g/mol. The number of rotatable bonds is 3. The van der Waals surface area contributed by atoms with Gasteiger partial charge in [-0.25, -0.2) is 0 Å². The normalized spacial score (nSPS) is 37.8. The molecule has 5 aliphatic rings. The molecule has 4 bridgehead atoms. The zero-order valence-electron chi connectivity index (χ0n) is 14.0. The van der Waals surface area contributed by atoms with Gasteiger partial charge in [-0.05, 0) is 50.4 Å². The fraction of sp³-hybridized carbons (Fsp3) is 0.667. The third-order valence-electron chi connectivity index (χ3n) is 6.47. The molecule has 4 saturated carbocycles. The van der Waals surface area contributed by atoms with Crippen molar-refractivity contribution >= 4 is 23.2 Å². The SMILES string of the molecule is NC(=O)C12CC3CC(CC(NC(=O)c4scc5c4OCCO5)(C3)C1)C2. The summed E-state index contributed by atoms with van der Waals surface area (Å²) >= 11 is 1.35. The highest BCUT2D eigenvalue weighted by molar-refractivity contribution is 7.12. The van der Waals surface area contributed by atoms with Crippen LogP contribution in [0, 0.1) is 17.3 Å². The lowest BCUT2D eigenvalue weighted by Crippen LogP contribution is -2.65. The molecule has 3 N–H and O–H groups in total. The lowest BCUT2D eigenvalue weighted by Gasteiger charge is -2.61. The zero-order chi connectivity index (χ0) is 17.2. The maximum atomic E-state index is 13.0. The number of thiophene rings is 1. The lowest BCUT2D eigenvalue weighted by molar-refractivity contribution is -0.146. The molecule has 1 aromatic rings. The van der Waals surface area contributed by atoms with Crippen molar-refractivity contribution < 1.29 is 19.1 Å². The van der Waals surface area contributed by atoms with Gasteiger partial charge in [-0.3, -0.25) is 9.59 Å². The molecule has 1 aliphatic heterocycles. The van der Waals surface area contributed by atoms with Crippen LogP contribution in [0.3, 0.4) is 0 Å². The molecular formula is C18H22N2O4S. The minimum absolute atomic E-state index is 0.113. The summed E-state index contributed by atoms with van der Waals surface area (Å²) in [4.78, 5) is 25.7. The van der Waals surface area contributed by atoms with Gasteiger partial charge >= 0.3 is 0 Å². The van der Waals surface area contributed by atoms with Crippen molar-refractivity contribution in [1.82, 2.24) is 5.32 Å². The fourth-order valence-electron chi connectivity index (χ4n) is 6.01. The van der Waals surface area contributed by atoms with Crippen molar-refractivity contribution in [3.63, 3.8) is 0 Å². The van der Waals surface area contributed by atoms with E-state index in [9.17, 15) is 9.59 Å². The number of carbonyl (C=O) groups excluding carboxylic acids is 2. The highest BCUT2D eigenvalue weighted by atomic mass is 32.1. The molecule has 6 rings (SSSR count). The van der Waals surface area contributed by atoms with Crippen LogP contribution in [0.15, 0.2) is 5.38 Å². The van der Waals surface area contributed by atoms with Crippen LogP contribution in [0.5, 0.6) is 11.5 Å². The van der Waals surface area contributed by atoms with Gasteiger partial charge in [0.15, 0.2) is 11.5 Å². The van der Waals surface area contributed by atoms with E-state index in [1.165, 1.54) is 11.3 Å². The number of amides is 2. The van der Waals surface area contributed by atoms with Gasteiger partial charge in [0, 0.05) is 10.9 Å². The van der Waals surface area contributed by atoms with Crippen LogP contribution >= 0.6 is 11.3 Å². The van der Waals surface area contributed by atoms with Gasteiger partial charge in [-0.15, -0.1) is 11.3 Å². The van der Waals surface area contributed by atoms with Crippen LogP contribution < -0.4 is 20.5 Å². The third-order valence-corrected chi connectivity index (χ3v) is 7.41. The molecule has 2 amide bonds. The predicted octanol–water partition coefficient (Wildman–Crippen LogP) is 2.07. The van der Waals surface area contributed by atoms with Gasteiger partial charge in [0.25, 0.3) is 5.91 Å². The number of nitrogens with two attached hydrogens (primary N) is 1. The third kappa shape index (κ3) is 2.28. The Kier molecular flexibility index (Phi) is 3.18. The predicted molar refractivity (Wildman–Crippen MR) is 91.8 cm³/mol. The molecule has 0 spiro atoms. The Morgan fingerprint density at radius 3 is 2.60 bits per heavy atom. The van der Waals surface area contributed by atoms with E-state index >= 15 is 0 Å². The summed E-state index contributed by atoms with van der Waals surface area (Å²) in [5.74, 6) is 1.89. The van der Waals surface area contributed by atoms with E-state index in [1.807, 2.05) is 5.38 Å². The Balaban J connectivity index is 1.43. The van der Waals surface area contributed by atoms with Gasteiger partial charge < -0.3 is 20.5 Å². The van der Waals surface area contributed by atoms with Crippen molar-refractivity contribution in [3.8, 4) is 11.5 Å². The Labute approximate surface area is 150 Å². The Morgan fingerprint density at radius 1 is 1.16 bits per heavy atom. The van der Waals surface area contributed by atoms with Crippen molar-refractivity contribution in [1.29, 1.82) is 0 Å². The van der Waals surface area contributed by atoms with E-state index in [2.05, 4.69) is 5.32 Å². The van der Waals surface area contributed by atoms with Gasteiger partial charge in [-0.1, -0.05) is 0 Å². The molecule has 0 radical (unpaired) electrons. The number of hydrogen-bond donors (Lipinski definition) is 2. The second-order valence-electron chi connectivity index (χ2n) is 8.30. The van der Waals surface area contributed by atoms with Crippen molar-refractivity contribution in [3.05, 3.63) is 10.3 Å². The van der Waals surface area contributed by atoms with E-state index in [1.54, 1.807) is 0 Å². The molecule has 0 aromatic carbocycles. The molecule has 25 heavy (non-hydrogen) atoms. The topological polar surface area (TPSA) is 90.7 Å². The summed E-state index contributed by atoms with van der Waals surface area (Å²) < 4.78 is 11.2. The molecule has 2 heterocycles. The first kappa shape index (κ1) is 15.5. The van der Waals surface area contributed by atoms with Crippen molar-refractivity contribution in [2.45, 2.75) is 44.1 Å². The molecule has 4 fully saturated rings. The second kappa shape index (κ2) is 5.13. The quantitative estimate of drug-likeness (QED) is 0.861. The summed E-state index contributed by atoms with van der Waals surface area (Å²) in [5.41, 5.74) is 5.05. The van der Waals surface area contributed by atoms with Crippen molar-refractivity contribution in [2.24, 2.45) is 23.0 Å².